The molecule has 0 aromatic heterocycles. The minimum absolute atomic E-state index is 0.311. The second-order valence-electron chi connectivity index (χ2n) is 5.04. The molecule has 94 valence electrons. The third-order valence-electron chi connectivity index (χ3n) is 3.15. The van der Waals surface area contributed by atoms with Gasteiger partial charge >= 0.3 is 0 Å². The van der Waals surface area contributed by atoms with Crippen molar-refractivity contribution < 1.29 is 5.11 Å². The fourth-order valence-electron chi connectivity index (χ4n) is 2.18. The maximum absolute atomic E-state index is 10.1. The first-order chi connectivity index (χ1) is 8.63. The highest BCUT2D eigenvalue weighted by molar-refractivity contribution is 5.24. The van der Waals surface area contributed by atoms with E-state index in [1.165, 1.54) is 22.3 Å². The smallest absolute Gasteiger partial charge is 0.0620 e. The van der Waals surface area contributed by atoms with Gasteiger partial charge in [-0.05, 0) is 37.8 Å². The molecule has 0 heterocycles. The fourth-order valence-corrected chi connectivity index (χ4v) is 2.18. The van der Waals surface area contributed by atoms with Crippen molar-refractivity contribution in [3.63, 3.8) is 0 Å². The van der Waals surface area contributed by atoms with Gasteiger partial charge < -0.3 is 5.11 Å². The lowest BCUT2D eigenvalue weighted by molar-refractivity contribution is 0.175. The average Bonchev–Trinajstić information content (AvgIpc) is 2.32. The SMILES string of the molecule is Cc1ccc(CC(O)Cc2cccc(C)c2)cc1. The number of rotatable bonds is 4. The van der Waals surface area contributed by atoms with Gasteiger partial charge in [-0.15, -0.1) is 0 Å². The number of aryl methyl sites for hydroxylation is 2. The molecule has 0 aliphatic carbocycles. The summed E-state index contributed by atoms with van der Waals surface area (Å²) in [6.45, 7) is 4.16. The second-order valence-corrected chi connectivity index (χ2v) is 5.04. The molecular formula is C17H20O. The quantitative estimate of drug-likeness (QED) is 0.868. The fraction of sp³-hybridized carbons (Fsp3) is 0.294. The standard InChI is InChI=1S/C17H20O/c1-13-6-8-15(9-7-13)11-17(18)12-16-5-3-4-14(2)10-16/h3-10,17-18H,11-12H2,1-2H3. The van der Waals surface area contributed by atoms with E-state index in [-0.39, 0.29) is 6.10 Å². The molecule has 1 heteroatoms. The minimum Gasteiger partial charge on any atom is -0.392 e. The number of hydrogen-bond donors (Lipinski definition) is 1. The topological polar surface area (TPSA) is 20.2 Å². The molecule has 18 heavy (non-hydrogen) atoms. The maximum atomic E-state index is 10.1. The Labute approximate surface area is 109 Å². The molecule has 1 unspecified atom stereocenters. The van der Waals surface area contributed by atoms with Crippen molar-refractivity contribution in [2.24, 2.45) is 0 Å². The van der Waals surface area contributed by atoms with Crippen LogP contribution >= 0.6 is 0 Å². The average molecular weight is 240 g/mol. The number of benzene rings is 2. The van der Waals surface area contributed by atoms with E-state index in [2.05, 4.69) is 56.3 Å². The molecule has 2 aromatic carbocycles. The van der Waals surface area contributed by atoms with Crippen LogP contribution in [0, 0.1) is 13.8 Å². The number of hydrogen-bond acceptors (Lipinski definition) is 1. The lowest BCUT2D eigenvalue weighted by Crippen LogP contribution is -2.13. The van der Waals surface area contributed by atoms with E-state index in [1.807, 2.05) is 6.07 Å². The largest absolute Gasteiger partial charge is 0.392 e. The lowest BCUT2D eigenvalue weighted by Gasteiger charge is -2.11. The van der Waals surface area contributed by atoms with Crippen molar-refractivity contribution in [2.45, 2.75) is 32.8 Å². The molecule has 1 atom stereocenters. The number of aliphatic hydroxyl groups excluding tert-OH is 1. The monoisotopic (exact) mass is 240 g/mol. The van der Waals surface area contributed by atoms with Gasteiger partial charge in [-0.1, -0.05) is 59.7 Å². The van der Waals surface area contributed by atoms with Gasteiger partial charge in [-0.2, -0.15) is 0 Å². The van der Waals surface area contributed by atoms with E-state index in [0.29, 0.717) is 6.42 Å². The van der Waals surface area contributed by atoms with Crippen LogP contribution in [0.5, 0.6) is 0 Å². The molecule has 0 saturated heterocycles. The highest BCUT2D eigenvalue weighted by Crippen LogP contribution is 2.11. The third-order valence-corrected chi connectivity index (χ3v) is 3.15. The molecule has 0 fully saturated rings. The van der Waals surface area contributed by atoms with Crippen LogP contribution in [-0.2, 0) is 12.8 Å². The highest BCUT2D eigenvalue weighted by atomic mass is 16.3. The molecule has 1 N–H and O–H groups in total. The van der Waals surface area contributed by atoms with Crippen LogP contribution in [0.3, 0.4) is 0 Å². The number of aliphatic hydroxyl groups is 1. The van der Waals surface area contributed by atoms with Gasteiger partial charge in [0.05, 0.1) is 6.10 Å². The summed E-state index contributed by atoms with van der Waals surface area (Å²) < 4.78 is 0. The van der Waals surface area contributed by atoms with Gasteiger partial charge in [-0.3, -0.25) is 0 Å². The van der Waals surface area contributed by atoms with E-state index in [9.17, 15) is 5.11 Å². The summed E-state index contributed by atoms with van der Waals surface area (Å²) in [4.78, 5) is 0. The van der Waals surface area contributed by atoms with E-state index in [1.54, 1.807) is 0 Å². The molecule has 1 nitrogen and oxygen atoms in total. The Balaban J connectivity index is 1.96. The zero-order chi connectivity index (χ0) is 13.0. The Morgan fingerprint density at radius 1 is 0.833 bits per heavy atom. The first-order valence-electron chi connectivity index (χ1n) is 6.42. The molecule has 0 aliphatic heterocycles. The maximum Gasteiger partial charge on any atom is 0.0620 e. The molecular weight excluding hydrogens is 220 g/mol. The first-order valence-corrected chi connectivity index (χ1v) is 6.42. The summed E-state index contributed by atoms with van der Waals surface area (Å²) >= 11 is 0. The van der Waals surface area contributed by atoms with Crippen molar-refractivity contribution in [1.82, 2.24) is 0 Å². The van der Waals surface area contributed by atoms with Crippen molar-refractivity contribution in [2.75, 3.05) is 0 Å². The summed E-state index contributed by atoms with van der Waals surface area (Å²) in [6.07, 6.45) is 1.12. The van der Waals surface area contributed by atoms with Crippen molar-refractivity contribution in [1.29, 1.82) is 0 Å². The van der Waals surface area contributed by atoms with Crippen molar-refractivity contribution in [3.05, 3.63) is 70.8 Å². The second kappa shape index (κ2) is 5.83. The molecule has 0 spiro atoms. The van der Waals surface area contributed by atoms with Gasteiger partial charge in [0.25, 0.3) is 0 Å². The van der Waals surface area contributed by atoms with Crippen LogP contribution in [-0.4, -0.2) is 11.2 Å². The molecule has 0 amide bonds. The predicted molar refractivity (Wildman–Crippen MR) is 75.8 cm³/mol. The molecule has 0 aliphatic rings. The Bertz CT molecular complexity index is 499. The van der Waals surface area contributed by atoms with Gasteiger partial charge in [0.2, 0.25) is 0 Å². The van der Waals surface area contributed by atoms with E-state index < -0.39 is 0 Å². The Morgan fingerprint density at radius 3 is 2.17 bits per heavy atom. The van der Waals surface area contributed by atoms with E-state index in [0.717, 1.165) is 6.42 Å². The Hall–Kier alpha value is -1.60. The van der Waals surface area contributed by atoms with Crippen LogP contribution in [0.15, 0.2) is 48.5 Å². The van der Waals surface area contributed by atoms with Crippen molar-refractivity contribution >= 4 is 0 Å². The lowest BCUT2D eigenvalue weighted by atomic mass is 10.00. The van der Waals surface area contributed by atoms with Crippen molar-refractivity contribution in [3.8, 4) is 0 Å². The van der Waals surface area contributed by atoms with Gasteiger partial charge in [-0.25, -0.2) is 0 Å². The molecule has 2 rings (SSSR count). The minimum atomic E-state index is -0.311. The zero-order valence-corrected chi connectivity index (χ0v) is 11.1. The Kier molecular flexibility index (Phi) is 4.16. The van der Waals surface area contributed by atoms with Crippen LogP contribution in [0.4, 0.5) is 0 Å². The molecule has 0 bridgehead atoms. The summed E-state index contributed by atoms with van der Waals surface area (Å²) in [5.41, 5.74) is 4.90. The Morgan fingerprint density at radius 2 is 1.50 bits per heavy atom. The summed E-state index contributed by atoms with van der Waals surface area (Å²) in [5, 5.41) is 10.1. The van der Waals surface area contributed by atoms with Gasteiger partial charge in [0.1, 0.15) is 0 Å². The van der Waals surface area contributed by atoms with Crippen LogP contribution in [0.2, 0.25) is 0 Å². The molecule has 0 radical (unpaired) electrons. The zero-order valence-electron chi connectivity index (χ0n) is 11.1. The summed E-state index contributed by atoms with van der Waals surface area (Å²) in [6, 6.07) is 16.7. The molecule has 2 aromatic rings. The molecule has 0 saturated carbocycles. The van der Waals surface area contributed by atoms with Crippen LogP contribution in [0.25, 0.3) is 0 Å². The van der Waals surface area contributed by atoms with Gasteiger partial charge in [0.15, 0.2) is 0 Å². The van der Waals surface area contributed by atoms with E-state index >= 15 is 0 Å². The van der Waals surface area contributed by atoms with E-state index in [4.69, 9.17) is 0 Å². The predicted octanol–water partition coefficient (Wildman–Crippen LogP) is 3.45. The van der Waals surface area contributed by atoms with Crippen LogP contribution in [0.1, 0.15) is 22.3 Å². The van der Waals surface area contributed by atoms with Gasteiger partial charge in [0, 0.05) is 0 Å². The third kappa shape index (κ3) is 3.71. The van der Waals surface area contributed by atoms with Crippen LogP contribution < -0.4 is 0 Å². The normalized spacial score (nSPS) is 12.4. The first kappa shape index (κ1) is 12.8. The summed E-state index contributed by atoms with van der Waals surface area (Å²) in [5.74, 6) is 0. The highest BCUT2D eigenvalue weighted by Gasteiger charge is 2.07. The summed E-state index contributed by atoms with van der Waals surface area (Å²) in [7, 11) is 0.